The minimum atomic E-state index is -0.649. The molecule has 206 valence electrons. The van der Waals surface area contributed by atoms with Crippen LogP contribution in [0.4, 0.5) is 0 Å². The van der Waals surface area contributed by atoms with Gasteiger partial charge in [0, 0.05) is 12.8 Å². The van der Waals surface area contributed by atoms with Gasteiger partial charge in [0.1, 0.15) is 16.9 Å². The number of ether oxygens (including phenoxy) is 2. The summed E-state index contributed by atoms with van der Waals surface area (Å²) in [6, 6.07) is 7.43. The van der Waals surface area contributed by atoms with Gasteiger partial charge in [0.2, 0.25) is 5.91 Å². The Bertz CT molecular complexity index is 1110. The van der Waals surface area contributed by atoms with Crippen LogP contribution in [0.15, 0.2) is 18.2 Å². The minimum Gasteiger partial charge on any atom is -0.496 e. The fraction of sp³-hybridized carbons (Fsp3) is 0.690. The highest BCUT2D eigenvalue weighted by molar-refractivity contribution is 6.48. The van der Waals surface area contributed by atoms with Crippen LogP contribution in [0.25, 0.3) is 0 Å². The lowest BCUT2D eigenvalue weighted by molar-refractivity contribution is -0.199. The smallest absolute Gasteiger partial charge is 0.482 e. The number of nitriles is 1. The molecule has 1 heterocycles. The third-order valence-corrected chi connectivity index (χ3v) is 8.70. The first-order chi connectivity index (χ1) is 17.8. The second-order valence-corrected chi connectivity index (χ2v) is 12.7. The third-order valence-electron chi connectivity index (χ3n) is 8.70. The van der Waals surface area contributed by atoms with Gasteiger partial charge in [-0.1, -0.05) is 26.0 Å². The van der Waals surface area contributed by atoms with Crippen LogP contribution in [0, 0.1) is 28.6 Å². The van der Waals surface area contributed by atoms with Gasteiger partial charge in [-0.05, 0) is 82.3 Å². The first-order valence-electron chi connectivity index (χ1n) is 13.7. The zero-order valence-electron chi connectivity index (χ0n) is 23.8. The van der Waals surface area contributed by atoms with E-state index in [2.05, 4.69) is 32.2 Å². The SMILES string of the molecule is COc1c(CC(NC(=O)CCCC#N)B2OC3CC4CC(C4(C)C)C3(C)O2)cccc1C(=O)OC(C)(C)C. The van der Waals surface area contributed by atoms with E-state index < -0.39 is 30.2 Å². The summed E-state index contributed by atoms with van der Waals surface area (Å²) in [4.78, 5) is 25.8. The number of carbonyl (C=O) groups excluding carboxylic acids is 2. The zero-order chi connectivity index (χ0) is 27.9. The number of rotatable bonds is 9. The Morgan fingerprint density at radius 2 is 2.00 bits per heavy atom. The summed E-state index contributed by atoms with van der Waals surface area (Å²) in [5.41, 5.74) is 0.203. The summed E-state index contributed by atoms with van der Waals surface area (Å²) < 4.78 is 24.5. The molecule has 0 radical (unpaired) electrons. The van der Waals surface area contributed by atoms with Crippen molar-refractivity contribution >= 4 is 19.0 Å². The number of carbonyl (C=O) groups is 2. The standard InChI is InChI=1S/C29H41BN2O6/c1-27(2,3)36-26(34)20-12-10-11-18(25(20)35-7)15-23(32-24(33)13-8-9-14-31)30-37-22-17-19-16-21(28(19,4)5)29(22,6)38-30/h10-12,19,21-23H,8-9,13,15-17H2,1-7H3,(H,32,33). The van der Waals surface area contributed by atoms with E-state index in [1.165, 1.54) is 7.11 Å². The van der Waals surface area contributed by atoms with Crippen molar-refractivity contribution in [1.82, 2.24) is 5.32 Å². The zero-order valence-corrected chi connectivity index (χ0v) is 23.8. The Hall–Kier alpha value is -2.57. The molecule has 1 aliphatic heterocycles. The van der Waals surface area contributed by atoms with Gasteiger partial charge in [0.25, 0.3) is 0 Å². The molecular weight excluding hydrogens is 483 g/mol. The molecule has 1 N–H and O–H groups in total. The summed E-state index contributed by atoms with van der Waals surface area (Å²) in [5, 5.41) is 12.0. The number of hydrogen-bond acceptors (Lipinski definition) is 7. The average Bonchev–Trinajstić information content (AvgIpc) is 3.19. The number of methoxy groups -OCH3 is 1. The van der Waals surface area contributed by atoms with Gasteiger partial charge in [0.05, 0.1) is 30.8 Å². The molecule has 5 rings (SSSR count). The molecule has 1 aromatic carbocycles. The van der Waals surface area contributed by atoms with Gasteiger partial charge in [-0.25, -0.2) is 4.79 Å². The maximum atomic E-state index is 12.9. The Labute approximate surface area is 226 Å². The van der Waals surface area contributed by atoms with Crippen LogP contribution in [0.3, 0.4) is 0 Å². The maximum Gasteiger partial charge on any atom is 0.482 e. The molecule has 38 heavy (non-hydrogen) atoms. The van der Waals surface area contributed by atoms with Crippen molar-refractivity contribution in [2.24, 2.45) is 17.3 Å². The molecule has 4 aliphatic rings. The van der Waals surface area contributed by atoms with Crippen LogP contribution in [-0.2, 0) is 25.3 Å². The van der Waals surface area contributed by atoms with Crippen molar-refractivity contribution in [3.05, 3.63) is 29.3 Å². The molecule has 3 aliphatic carbocycles. The van der Waals surface area contributed by atoms with E-state index in [0.29, 0.717) is 42.4 Å². The summed E-state index contributed by atoms with van der Waals surface area (Å²) in [6.07, 6.45) is 3.43. The number of esters is 1. The van der Waals surface area contributed by atoms with Gasteiger partial charge in [-0.2, -0.15) is 5.26 Å². The van der Waals surface area contributed by atoms with Crippen molar-refractivity contribution < 1.29 is 28.4 Å². The molecule has 9 heteroatoms. The Morgan fingerprint density at radius 1 is 1.26 bits per heavy atom. The molecule has 8 nitrogen and oxygen atoms in total. The fourth-order valence-electron chi connectivity index (χ4n) is 6.61. The van der Waals surface area contributed by atoms with Gasteiger partial charge in [-0.3, -0.25) is 4.79 Å². The van der Waals surface area contributed by atoms with Crippen LogP contribution in [-0.4, -0.2) is 49.4 Å². The van der Waals surface area contributed by atoms with Crippen molar-refractivity contribution in [2.45, 2.75) is 103 Å². The number of para-hydroxylation sites is 1. The van der Waals surface area contributed by atoms with E-state index in [9.17, 15) is 9.59 Å². The van der Waals surface area contributed by atoms with Crippen molar-refractivity contribution in [1.29, 1.82) is 5.26 Å². The van der Waals surface area contributed by atoms with E-state index in [0.717, 1.165) is 18.4 Å². The Balaban J connectivity index is 1.60. The molecule has 3 saturated carbocycles. The number of nitrogens with one attached hydrogen (secondary N) is 1. The molecule has 0 spiro atoms. The topological polar surface area (TPSA) is 107 Å². The van der Waals surface area contributed by atoms with Crippen molar-refractivity contribution in [3.63, 3.8) is 0 Å². The quantitative estimate of drug-likeness (QED) is 0.285. The summed E-state index contributed by atoms with van der Waals surface area (Å²) in [7, 11) is 0.880. The molecular formula is C29H41BN2O6. The minimum absolute atomic E-state index is 0.0303. The predicted octanol–water partition coefficient (Wildman–Crippen LogP) is 4.64. The number of amides is 1. The highest BCUT2D eigenvalue weighted by Crippen LogP contribution is 2.65. The van der Waals surface area contributed by atoms with E-state index in [1.807, 2.05) is 26.8 Å². The molecule has 2 bridgehead atoms. The number of benzene rings is 1. The average molecular weight is 524 g/mol. The van der Waals surface area contributed by atoms with Gasteiger partial charge < -0.3 is 24.1 Å². The summed E-state index contributed by atoms with van der Waals surface area (Å²) >= 11 is 0. The van der Waals surface area contributed by atoms with Crippen LogP contribution < -0.4 is 10.1 Å². The van der Waals surface area contributed by atoms with E-state index in [4.69, 9.17) is 24.0 Å². The van der Waals surface area contributed by atoms with Gasteiger partial charge in [0.15, 0.2) is 0 Å². The Kier molecular flexibility index (Phi) is 7.89. The van der Waals surface area contributed by atoms with Crippen molar-refractivity contribution in [3.8, 4) is 11.8 Å². The molecule has 5 unspecified atom stereocenters. The van der Waals surface area contributed by atoms with E-state index in [1.54, 1.807) is 12.1 Å². The number of unbranched alkanes of at least 4 members (excludes halogenated alkanes) is 1. The summed E-state index contributed by atoms with van der Waals surface area (Å²) in [6.45, 7) is 12.2. The van der Waals surface area contributed by atoms with Crippen LogP contribution in [0.2, 0.25) is 0 Å². The molecule has 0 aromatic heterocycles. The largest absolute Gasteiger partial charge is 0.496 e. The van der Waals surface area contributed by atoms with Crippen molar-refractivity contribution in [2.75, 3.05) is 7.11 Å². The van der Waals surface area contributed by atoms with Crippen LogP contribution in [0.5, 0.6) is 5.75 Å². The lowest BCUT2D eigenvalue weighted by atomic mass is 9.43. The Morgan fingerprint density at radius 3 is 2.63 bits per heavy atom. The molecule has 1 saturated heterocycles. The second kappa shape index (κ2) is 10.5. The number of nitrogens with zero attached hydrogens (tertiary/aromatic N) is 1. The maximum absolute atomic E-state index is 12.9. The normalized spacial score (nSPS) is 27.9. The summed E-state index contributed by atoms with van der Waals surface area (Å²) in [5.74, 6) is 0.274. The third kappa shape index (κ3) is 5.44. The monoisotopic (exact) mass is 524 g/mol. The van der Waals surface area contributed by atoms with Gasteiger partial charge in [-0.15, -0.1) is 0 Å². The first kappa shape index (κ1) is 28.4. The predicted molar refractivity (Wildman–Crippen MR) is 143 cm³/mol. The lowest BCUT2D eigenvalue weighted by Crippen LogP contribution is -2.65. The van der Waals surface area contributed by atoms with E-state index >= 15 is 0 Å². The lowest BCUT2D eigenvalue weighted by Gasteiger charge is -2.64. The highest BCUT2D eigenvalue weighted by atomic mass is 16.7. The van der Waals surface area contributed by atoms with Crippen LogP contribution in [0.1, 0.15) is 89.6 Å². The molecule has 4 fully saturated rings. The molecule has 1 amide bonds. The van der Waals surface area contributed by atoms with Crippen LogP contribution >= 0.6 is 0 Å². The van der Waals surface area contributed by atoms with E-state index in [-0.39, 0.29) is 23.8 Å². The fourth-order valence-corrected chi connectivity index (χ4v) is 6.61. The second-order valence-electron chi connectivity index (χ2n) is 12.7. The molecule has 1 aromatic rings. The van der Waals surface area contributed by atoms with Gasteiger partial charge >= 0.3 is 13.1 Å². The first-order valence-corrected chi connectivity index (χ1v) is 13.7. The highest BCUT2D eigenvalue weighted by Gasteiger charge is 2.68. The molecule has 5 atom stereocenters. The number of hydrogen-bond donors (Lipinski definition) is 1.